The van der Waals surface area contributed by atoms with Crippen molar-refractivity contribution in [3.8, 4) is 6.07 Å². The Morgan fingerprint density at radius 1 is 1.12 bits per heavy atom. The first-order valence-corrected chi connectivity index (χ1v) is 8.59. The van der Waals surface area contributed by atoms with Gasteiger partial charge in [0.25, 0.3) is 0 Å². The molecule has 1 aliphatic rings. The molecule has 24 heavy (non-hydrogen) atoms. The normalized spacial score (nSPS) is 15.9. The lowest BCUT2D eigenvalue weighted by atomic mass is 10.0. The lowest BCUT2D eigenvalue weighted by molar-refractivity contribution is 0.256. The van der Waals surface area contributed by atoms with E-state index in [1.165, 1.54) is 24.0 Å². The van der Waals surface area contributed by atoms with E-state index in [1.54, 1.807) is 0 Å². The van der Waals surface area contributed by atoms with Gasteiger partial charge in [-0.05, 0) is 57.0 Å². The molecule has 1 aromatic heterocycles. The summed E-state index contributed by atoms with van der Waals surface area (Å²) in [5.41, 5.74) is 4.03. The van der Waals surface area contributed by atoms with E-state index < -0.39 is 0 Å². The summed E-state index contributed by atoms with van der Waals surface area (Å²) < 4.78 is 0. The van der Waals surface area contributed by atoms with Gasteiger partial charge in [-0.2, -0.15) is 5.26 Å². The second kappa shape index (κ2) is 7.46. The maximum Gasteiger partial charge on any atom is 0.145 e. The van der Waals surface area contributed by atoms with Gasteiger partial charge in [0.1, 0.15) is 17.6 Å². The number of pyridine rings is 1. The third-order valence-corrected chi connectivity index (χ3v) is 4.72. The minimum absolute atomic E-state index is 0.335. The molecule has 4 nitrogen and oxygen atoms in total. The first-order chi connectivity index (χ1) is 11.7. The number of nitrogens with one attached hydrogen (secondary N) is 1. The van der Waals surface area contributed by atoms with E-state index in [-0.39, 0.29) is 0 Å². The second-order valence-corrected chi connectivity index (χ2v) is 6.52. The summed E-state index contributed by atoms with van der Waals surface area (Å²) in [6.07, 6.45) is 2.54. The Hall–Kier alpha value is -2.38. The Bertz CT molecular complexity index is 724. The fraction of sp³-hybridized carbons (Fsp3) is 0.400. The molecule has 124 valence electrons. The zero-order valence-corrected chi connectivity index (χ0v) is 14.4. The Kier molecular flexibility index (Phi) is 5.12. The molecule has 1 unspecified atom stereocenters. The van der Waals surface area contributed by atoms with E-state index in [0.29, 0.717) is 11.7 Å². The molecule has 2 aromatic rings. The molecule has 0 radical (unpaired) electrons. The van der Waals surface area contributed by atoms with Crippen molar-refractivity contribution in [3.63, 3.8) is 0 Å². The van der Waals surface area contributed by atoms with Crippen LogP contribution < -0.4 is 5.32 Å². The van der Waals surface area contributed by atoms with Crippen molar-refractivity contribution in [1.29, 1.82) is 5.26 Å². The topological polar surface area (TPSA) is 52.0 Å². The predicted octanol–water partition coefficient (Wildman–Crippen LogP) is 3.82. The average Bonchev–Trinajstić information content (AvgIpc) is 3.12. The van der Waals surface area contributed by atoms with Gasteiger partial charge < -0.3 is 5.32 Å². The van der Waals surface area contributed by atoms with Crippen molar-refractivity contribution in [2.45, 2.75) is 32.7 Å². The number of anilines is 1. The highest BCUT2D eigenvalue weighted by molar-refractivity contribution is 5.43. The minimum atomic E-state index is 0.335. The summed E-state index contributed by atoms with van der Waals surface area (Å²) in [7, 11) is 0. The van der Waals surface area contributed by atoms with Gasteiger partial charge in [0, 0.05) is 6.54 Å². The quantitative estimate of drug-likeness (QED) is 0.910. The Morgan fingerprint density at radius 3 is 2.50 bits per heavy atom. The Morgan fingerprint density at radius 2 is 1.83 bits per heavy atom. The molecular weight excluding hydrogens is 296 g/mol. The van der Waals surface area contributed by atoms with Gasteiger partial charge in [0.15, 0.2) is 0 Å². The number of hydrogen-bond acceptors (Lipinski definition) is 4. The molecule has 2 heterocycles. The number of nitriles is 1. The van der Waals surface area contributed by atoms with Crippen LogP contribution in [0.5, 0.6) is 0 Å². The number of likely N-dealkylation sites (tertiary alicyclic amines) is 1. The predicted molar refractivity (Wildman–Crippen MR) is 96.9 cm³/mol. The first-order valence-electron chi connectivity index (χ1n) is 8.59. The van der Waals surface area contributed by atoms with E-state index in [1.807, 2.05) is 19.1 Å². The van der Waals surface area contributed by atoms with Crippen LogP contribution in [0.4, 0.5) is 5.82 Å². The molecule has 1 aliphatic heterocycles. The van der Waals surface area contributed by atoms with Gasteiger partial charge >= 0.3 is 0 Å². The van der Waals surface area contributed by atoms with E-state index >= 15 is 0 Å². The van der Waals surface area contributed by atoms with Crippen LogP contribution >= 0.6 is 0 Å². The molecule has 1 saturated heterocycles. The summed E-state index contributed by atoms with van der Waals surface area (Å²) in [5, 5.41) is 12.6. The van der Waals surface area contributed by atoms with Crippen molar-refractivity contribution in [2.24, 2.45) is 0 Å². The lowest BCUT2D eigenvalue weighted by Gasteiger charge is -2.28. The van der Waals surface area contributed by atoms with Gasteiger partial charge in [0.2, 0.25) is 0 Å². The monoisotopic (exact) mass is 320 g/mol. The molecule has 0 bridgehead atoms. The number of rotatable bonds is 5. The second-order valence-electron chi connectivity index (χ2n) is 6.52. The third-order valence-electron chi connectivity index (χ3n) is 4.72. The maximum absolute atomic E-state index is 9.15. The number of nitrogens with zero attached hydrogens (tertiary/aromatic N) is 3. The van der Waals surface area contributed by atoms with Crippen LogP contribution in [-0.4, -0.2) is 29.5 Å². The molecule has 0 spiro atoms. The minimum Gasteiger partial charge on any atom is -0.368 e. The van der Waals surface area contributed by atoms with Gasteiger partial charge in [0.05, 0.1) is 6.04 Å². The van der Waals surface area contributed by atoms with Gasteiger partial charge in [-0.1, -0.05) is 35.9 Å². The van der Waals surface area contributed by atoms with E-state index in [0.717, 1.165) is 31.0 Å². The van der Waals surface area contributed by atoms with Crippen molar-refractivity contribution in [3.05, 3.63) is 58.8 Å². The van der Waals surface area contributed by atoms with Gasteiger partial charge in [-0.3, -0.25) is 4.90 Å². The summed E-state index contributed by atoms with van der Waals surface area (Å²) in [6, 6.07) is 15.2. The Balaban J connectivity index is 1.77. The van der Waals surface area contributed by atoms with Crippen LogP contribution in [0.3, 0.4) is 0 Å². The highest BCUT2D eigenvalue weighted by Crippen LogP contribution is 2.26. The molecule has 0 saturated carbocycles. The van der Waals surface area contributed by atoms with Crippen molar-refractivity contribution >= 4 is 5.82 Å². The highest BCUT2D eigenvalue weighted by atomic mass is 15.2. The van der Waals surface area contributed by atoms with Crippen LogP contribution in [0.1, 0.15) is 41.3 Å². The molecule has 1 N–H and O–H groups in total. The van der Waals surface area contributed by atoms with Crippen LogP contribution in [0.25, 0.3) is 0 Å². The smallest absolute Gasteiger partial charge is 0.145 e. The highest BCUT2D eigenvalue weighted by Gasteiger charge is 2.23. The summed E-state index contributed by atoms with van der Waals surface area (Å²) in [6.45, 7) is 7.11. The zero-order chi connectivity index (χ0) is 16.9. The largest absolute Gasteiger partial charge is 0.368 e. The SMILES string of the molecule is Cc1ccc(C(CNc2ccc(C)c(C#N)n2)N2CCCC2)cc1. The van der Waals surface area contributed by atoms with Gasteiger partial charge in [-0.15, -0.1) is 0 Å². The molecule has 1 aromatic carbocycles. The number of hydrogen-bond donors (Lipinski definition) is 1. The third kappa shape index (κ3) is 3.74. The average molecular weight is 320 g/mol. The summed E-state index contributed by atoms with van der Waals surface area (Å²) in [5.74, 6) is 0.772. The first kappa shape index (κ1) is 16.5. The van der Waals surface area contributed by atoms with Gasteiger partial charge in [-0.25, -0.2) is 4.98 Å². The standard InChI is InChI=1S/C20H24N4/c1-15-5-8-17(9-6-15)19(24-11-3-4-12-24)14-22-20-10-7-16(2)18(13-21)23-20/h5-10,19H,3-4,11-12,14H2,1-2H3,(H,22,23). The van der Waals surface area contributed by atoms with E-state index in [9.17, 15) is 0 Å². The molecular formula is C20H24N4. The fourth-order valence-electron chi connectivity index (χ4n) is 3.24. The molecule has 4 heteroatoms. The summed E-state index contributed by atoms with van der Waals surface area (Å²) >= 11 is 0. The molecule has 1 atom stereocenters. The number of benzene rings is 1. The lowest BCUT2D eigenvalue weighted by Crippen LogP contribution is -2.31. The van der Waals surface area contributed by atoms with Crippen LogP contribution in [-0.2, 0) is 0 Å². The fourth-order valence-corrected chi connectivity index (χ4v) is 3.24. The summed E-state index contributed by atoms with van der Waals surface area (Å²) in [4.78, 5) is 6.95. The van der Waals surface area contributed by atoms with E-state index in [2.05, 4.69) is 52.5 Å². The van der Waals surface area contributed by atoms with Crippen LogP contribution in [0, 0.1) is 25.2 Å². The van der Waals surface area contributed by atoms with Crippen LogP contribution in [0.15, 0.2) is 36.4 Å². The molecule has 0 amide bonds. The molecule has 3 rings (SSSR count). The van der Waals surface area contributed by atoms with Crippen LogP contribution in [0.2, 0.25) is 0 Å². The molecule has 1 fully saturated rings. The zero-order valence-electron chi connectivity index (χ0n) is 14.4. The van der Waals surface area contributed by atoms with Crippen molar-refractivity contribution in [1.82, 2.24) is 9.88 Å². The van der Waals surface area contributed by atoms with Crippen molar-refractivity contribution < 1.29 is 0 Å². The Labute approximate surface area is 144 Å². The molecule has 0 aliphatic carbocycles. The van der Waals surface area contributed by atoms with E-state index in [4.69, 9.17) is 5.26 Å². The number of aryl methyl sites for hydroxylation is 2. The number of aromatic nitrogens is 1. The van der Waals surface area contributed by atoms with Crippen molar-refractivity contribution in [2.75, 3.05) is 25.0 Å². The maximum atomic E-state index is 9.15.